The van der Waals surface area contributed by atoms with E-state index in [4.69, 9.17) is 5.11 Å². The van der Waals surface area contributed by atoms with Crippen molar-refractivity contribution in [2.75, 3.05) is 24.6 Å². The van der Waals surface area contributed by atoms with E-state index in [1.165, 1.54) is 16.5 Å². The molecule has 2 aromatic rings. The van der Waals surface area contributed by atoms with Crippen LogP contribution < -0.4 is 4.90 Å². The van der Waals surface area contributed by atoms with Gasteiger partial charge in [0.25, 0.3) is 0 Å². The molecule has 1 aromatic carbocycles. The fourth-order valence-electron chi connectivity index (χ4n) is 2.67. The molecule has 1 saturated heterocycles. The molecule has 0 spiro atoms. The number of hydrogen-bond acceptors (Lipinski definition) is 2. The summed E-state index contributed by atoms with van der Waals surface area (Å²) >= 11 is 0. The number of fused-ring (bicyclic) bond motifs is 1. The number of H-pyrrole nitrogens is 1. The third-order valence-electron chi connectivity index (χ3n) is 3.65. The third kappa shape index (κ3) is 1.91. The van der Waals surface area contributed by atoms with Crippen LogP contribution in [-0.2, 0) is 0 Å². The topological polar surface area (TPSA) is 39.3 Å². The van der Waals surface area contributed by atoms with E-state index in [1.807, 2.05) is 6.20 Å². The molecule has 1 aromatic heterocycles. The normalized spacial score (nSPS) is 16.4. The molecule has 2 N–H and O–H groups in total. The molecule has 90 valence electrons. The maximum atomic E-state index is 8.81. The van der Waals surface area contributed by atoms with Gasteiger partial charge in [0.2, 0.25) is 0 Å². The van der Waals surface area contributed by atoms with E-state index >= 15 is 0 Å². The fourth-order valence-corrected chi connectivity index (χ4v) is 2.67. The van der Waals surface area contributed by atoms with Crippen LogP contribution in [-0.4, -0.2) is 29.8 Å². The number of nitrogens with one attached hydrogen (secondary N) is 1. The van der Waals surface area contributed by atoms with E-state index in [1.54, 1.807) is 0 Å². The van der Waals surface area contributed by atoms with Crippen molar-refractivity contribution in [2.45, 2.75) is 12.8 Å². The number of rotatable bonds is 4. The zero-order valence-corrected chi connectivity index (χ0v) is 9.89. The van der Waals surface area contributed by atoms with Gasteiger partial charge in [-0.3, -0.25) is 0 Å². The number of aliphatic hydroxyl groups excluding tert-OH is 1. The summed E-state index contributed by atoms with van der Waals surface area (Å²) in [5.74, 6) is 0.761. The van der Waals surface area contributed by atoms with Crippen molar-refractivity contribution >= 4 is 16.5 Å². The Morgan fingerprint density at radius 3 is 3.00 bits per heavy atom. The summed E-state index contributed by atoms with van der Waals surface area (Å²) in [5.41, 5.74) is 1.34. The van der Waals surface area contributed by atoms with Crippen LogP contribution in [0.4, 0.5) is 5.69 Å². The number of aromatic amines is 1. The minimum atomic E-state index is 0.323. The molecule has 0 bridgehead atoms. The lowest BCUT2D eigenvalue weighted by molar-refractivity contribution is 0.260. The summed E-state index contributed by atoms with van der Waals surface area (Å²) in [5, 5.41) is 11.4. The van der Waals surface area contributed by atoms with Gasteiger partial charge in [0.05, 0.1) is 0 Å². The van der Waals surface area contributed by atoms with E-state index in [0.29, 0.717) is 6.61 Å². The van der Waals surface area contributed by atoms with Crippen LogP contribution in [0.2, 0.25) is 0 Å². The highest BCUT2D eigenvalue weighted by molar-refractivity contribution is 5.94. The smallest absolute Gasteiger partial charge is 0.0461 e. The van der Waals surface area contributed by atoms with Gasteiger partial charge in [-0.25, -0.2) is 0 Å². The first kappa shape index (κ1) is 10.7. The summed E-state index contributed by atoms with van der Waals surface area (Å²) in [6.45, 7) is 2.58. The molecule has 0 saturated carbocycles. The maximum absolute atomic E-state index is 8.81. The molecular weight excluding hydrogens is 212 g/mol. The first-order chi connectivity index (χ1) is 8.38. The predicted octanol–water partition coefficient (Wildman–Crippen LogP) is 2.38. The van der Waals surface area contributed by atoms with Gasteiger partial charge in [0.1, 0.15) is 0 Å². The van der Waals surface area contributed by atoms with Crippen LogP contribution in [0.3, 0.4) is 0 Å². The SMILES string of the molecule is OCCCC1CN(c2cccc3c[nH]cc23)C1. The van der Waals surface area contributed by atoms with Crippen LogP contribution in [0, 0.1) is 5.92 Å². The highest BCUT2D eigenvalue weighted by Gasteiger charge is 2.27. The number of aliphatic hydroxyl groups is 1. The van der Waals surface area contributed by atoms with Crippen LogP contribution in [0.15, 0.2) is 30.6 Å². The fraction of sp³-hybridized carbons (Fsp3) is 0.429. The van der Waals surface area contributed by atoms with Crippen molar-refractivity contribution < 1.29 is 5.11 Å². The molecule has 3 rings (SSSR count). The van der Waals surface area contributed by atoms with Gasteiger partial charge in [-0.15, -0.1) is 0 Å². The second-order valence-electron chi connectivity index (χ2n) is 4.87. The Balaban J connectivity index is 1.72. The van der Waals surface area contributed by atoms with E-state index in [2.05, 4.69) is 34.3 Å². The average molecular weight is 230 g/mol. The molecule has 0 atom stereocenters. The summed E-state index contributed by atoms with van der Waals surface area (Å²) < 4.78 is 0. The van der Waals surface area contributed by atoms with Crippen LogP contribution in [0.25, 0.3) is 10.8 Å². The molecule has 1 aliphatic heterocycles. The predicted molar refractivity (Wildman–Crippen MR) is 70.3 cm³/mol. The lowest BCUT2D eigenvalue weighted by atomic mass is 9.93. The van der Waals surface area contributed by atoms with Crippen molar-refractivity contribution in [1.82, 2.24) is 4.98 Å². The largest absolute Gasteiger partial charge is 0.396 e. The van der Waals surface area contributed by atoms with Crippen LogP contribution in [0.5, 0.6) is 0 Å². The lowest BCUT2D eigenvalue weighted by Crippen LogP contribution is -2.46. The van der Waals surface area contributed by atoms with E-state index in [0.717, 1.165) is 31.8 Å². The van der Waals surface area contributed by atoms with Gasteiger partial charge in [0.15, 0.2) is 0 Å². The third-order valence-corrected chi connectivity index (χ3v) is 3.65. The van der Waals surface area contributed by atoms with E-state index in [9.17, 15) is 0 Å². The Bertz CT molecular complexity index is 500. The Morgan fingerprint density at radius 2 is 2.18 bits per heavy atom. The monoisotopic (exact) mass is 230 g/mol. The number of anilines is 1. The molecule has 0 aliphatic carbocycles. The van der Waals surface area contributed by atoms with E-state index < -0.39 is 0 Å². The molecule has 17 heavy (non-hydrogen) atoms. The zero-order valence-electron chi connectivity index (χ0n) is 9.89. The molecule has 0 amide bonds. The van der Waals surface area contributed by atoms with Gasteiger partial charge >= 0.3 is 0 Å². The Hall–Kier alpha value is -1.48. The molecule has 0 radical (unpaired) electrons. The molecule has 2 heterocycles. The van der Waals surface area contributed by atoms with E-state index in [-0.39, 0.29) is 0 Å². The number of benzene rings is 1. The number of aromatic nitrogens is 1. The minimum Gasteiger partial charge on any atom is -0.396 e. The maximum Gasteiger partial charge on any atom is 0.0461 e. The quantitative estimate of drug-likeness (QED) is 0.846. The standard InChI is InChI=1S/C14H18N2O/c17-6-2-3-11-9-16(10-11)14-5-1-4-12-7-15-8-13(12)14/h1,4-5,7-8,11,15,17H,2-3,6,9-10H2. The zero-order chi connectivity index (χ0) is 11.7. The molecule has 3 nitrogen and oxygen atoms in total. The van der Waals surface area contributed by atoms with Crippen molar-refractivity contribution in [3.63, 3.8) is 0 Å². The van der Waals surface area contributed by atoms with Crippen LogP contribution >= 0.6 is 0 Å². The molecule has 0 unspecified atom stereocenters. The van der Waals surface area contributed by atoms with Gasteiger partial charge in [-0.1, -0.05) is 12.1 Å². The molecular formula is C14H18N2O. The first-order valence-corrected chi connectivity index (χ1v) is 6.30. The van der Waals surface area contributed by atoms with Gasteiger partial charge in [-0.05, 0) is 24.8 Å². The minimum absolute atomic E-state index is 0.323. The highest BCUT2D eigenvalue weighted by Crippen LogP contribution is 2.32. The van der Waals surface area contributed by atoms with Crippen molar-refractivity contribution in [2.24, 2.45) is 5.92 Å². The Labute approximate surface area is 101 Å². The average Bonchev–Trinajstić information content (AvgIpc) is 2.75. The van der Waals surface area contributed by atoms with Gasteiger partial charge < -0.3 is 15.0 Å². The second kappa shape index (κ2) is 4.41. The number of nitrogens with zero attached hydrogens (tertiary/aromatic N) is 1. The summed E-state index contributed by atoms with van der Waals surface area (Å²) in [6.07, 6.45) is 6.20. The van der Waals surface area contributed by atoms with Crippen molar-refractivity contribution in [3.05, 3.63) is 30.6 Å². The Kier molecular flexibility index (Phi) is 2.77. The summed E-state index contributed by atoms with van der Waals surface area (Å²) in [4.78, 5) is 5.60. The van der Waals surface area contributed by atoms with Crippen molar-refractivity contribution in [3.8, 4) is 0 Å². The molecule has 1 fully saturated rings. The van der Waals surface area contributed by atoms with Gasteiger partial charge in [0, 0.05) is 48.5 Å². The molecule has 3 heteroatoms. The number of hydrogen-bond donors (Lipinski definition) is 2. The van der Waals surface area contributed by atoms with Gasteiger partial charge in [-0.2, -0.15) is 0 Å². The lowest BCUT2D eigenvalue weighted by Gasteiger charge is -2.41. The second-order valence-corrected chi connectivity index (χ2v) is 4.87. The van der Waals surface area contributed by atoms with Crippen molar-refractivity contribution in [1.29, 1.82) is 0 Å². The summed E-state index contributed by atoms with van der Waals surface area (Å²) in [6, 6.07) is 6.45. The van der Waals surface area contributed by atoms with Crippen LogP contribution in [0.1, 0.15) is 12.8 Å². The first-order valence-electron chi connectivity index (χ1n) is 6.30. The summed E-state index contributed by atoms with van der Waals surface area (Å²) in [7, 11) is 0. The molecule has 1 aliphatic rings. The highest BCUT2D eigenvalue weighted by atomic mass is 16.2. The Morgan fingerprint density at radius 1 is 1.29 bits per heavy atom.